The molecule has 1 aliphatic heterocycles. The quantitative estimate of drug-likeness (QED) is 0.593. The second kappa shape index (κ2) is 10.3. The van der Waals surface area contributed by atoms with Gasteiger partial charge in [0, 0.05) is 31.1 Å². The van der Waals surface area contributed by atoms with Crippen molar-refractivity contribution in [2.45, 2.75) is 32.2 Å². The van der Waals surface area contributed by atoms with Crippen LogP contribution in [0.5, 0.6) is 5.75 Å². The summed E-state index contributed by atoms with van der Waals surface area (Å²) in [5.74, 6) is 1.25. The summed E-state index contributed by atoms with van der Waals surface area (Å²) < 4.78 is 10.6. The van der Waals surface area contributed by atoms with Gasteiger partial charge in [-0.2, -0.15) is 0 Å². The predicted molar refractivity (Wildman–Crippen MR) is 125 cm³/mol. The fraction of sp³-hybridized carbons (Fsp3) is 0.346. The standard InChI is InChI=1S/C26H29N3O4/c1-18-11-13-29(14-12-18)26(31)23(15-19-7-4-3-5-8-19)27-25(30)22-17-24(33-28-22)20-9-6-10-21(16-20)32-2/h3-10,16-18,23H,11-15H2,1-2H3,(H,27,30). The number of aromatic nitrogens is 1. The first-order chi connectivity index (χ1) is 16.0. The average molecular weight is 448 g/mol. The number of carbonyl (C=O) groups excluding carboxylic acids is 2. The number of nitrogens with one attached hydrogen (secondary N) is 1. The van der Waals surface area contributed by atoms with Gasteiger partial charge in [0.25, 0.3) is 5.91 Å². The maximum Gasteiger partial charge on any atom is 0.274 e. The van der Waals surface area contributed by atoms with E-state index in [9.17, 15) is 9.59 Å². The first-order valence-corrected chi connectivity index (χ1v) is 11.3. The Morgan fingerprint density at radius 3 is 2.61 bits per heavy atom. The zero-order chi connectivity index (χ0) is 23.2. The van der Waals surface area contributed by atoms with E-state index < -0.39 is 11.9 Å². The number of rotatable bonds is 7. The Labute approximate surface area is 193 Å². The molecule has 1 N–H and O–H groups in total. The molecule has 0 aliphatic carbocycles. The molecule has 3 aromatic rings. The van der Waals surface area contributed by atoms with Crippen LogP contribution in [0.2, 0.25) is 0 Å². The number of nitrogens with zero attached hydrogens (tertiary/aromatic N) is 2. The largest absolute Gasteiger partial charge is 0.497 e. The van der Waals surface area contributed by atoms with Gasteiger partial charge in [0.2, 0.25) is 5.91 Å². The van der Waals surface area contributed by atoms with Crippen LogP contribution in [0.4, 0.5) is 0 Å². The first-order valence-electron chi connectivity index (χ1n) is 11.3. The Balaban J connectivity index is 1.51. The van der Waals surface area contributed by atoms with E-state index in [2.05, 4.69) is 17.4 Å². The van der Waals surface area contributed by atoms with E-state index in [1.165, 1.54) is 0 Å². The highest BCUT2D eigenvalue weighted by Gasteiger charge is 2.29. The van der Waals surface area contributed by atoms with E-state index in [0.29, 0.717) is 36.9 Å². The Kier molecular flexibility index (Phi) is 7.07. The van der Waals surface area contributed by atoms with Gasteiger partial charge in [-0.05, 0) is 36.5 Å². The molecule has 0 saturated carbocycles. The summed E-state index contributed by atoms with van der Waals surface area (Å²) in [4.78, 5) is 28.2. The predicted octanol–water partition coefficient (Wildman–Crippen LogP) is 3.95. The lowest BCUT2D eigenvalue weighted by molar-refractivity contribution is -0.134. The smallest absolute Gasteiger partial charge is 0.274 e. The maximum atomic E-state index is 13.3. The van der Waals surface area contributed by atoms with E-state index in [-0.39, 0.29) is 11.6 Å². The molecule has 4 rings (SSSR count). The molecule has 0 radical (unpaired) electrons. The van der Waals surface area contributed by atoms with Crippen LogP contribution in [0, 0.1) is 5.92 Å². The third kappa shape index (κ3) is 5.61. The van der Waals surface area contributed by atoms with E-state index in [1.807, 2.05) is 53.4 Å². The van der Waals surface area contributed by atoms with Crippen LogP contribution in [0.15, 0.2) is 65.2 Å². The summed E-state index contributed by atoms with van der Waals surface area (Å²) in [5, 5.41) is 6.84. The highest BCUT2D eigenvalue weighted by Crippen LogP contribution is 2.24. The van der Waals surface area contributed by atoms with Crippen molar-refractivity contribution in [3.63, 3.8) is 0 Å². The Hall–Kier alpha value is -3.61. The third-order valence-corrected chi connectivity index (χ3v) is 6.08. The summed E-state index contributed by atoms with van der Waals surface area (Å²) >= 11 is 0. The van der Waals surface area contributed by atoms with E-state index in [4.69, 9.17) is 9.26 Å². The molecule has 33 heavy (non-hydrogen) atoms. The molecule has 2 aromatic carbocycles. The highest BCUT2D eigenvalue weighted by atomic mass is 16.5. The number of likely N-dealkylation sites (tertiary alicyclic amines) is 1. The van der Waals surface area contributed by atoms with Crippen molar-refractivity contribution in [1.29, 1.82) is 0 Å². The summed E-state index contributed by atoms with van der Waals surface area (Å²) in [6.45, 7) is 3.63. The molecule has 1 unspecified atom stereocenters. The van der Waals surface area contributed by atoms with Crippen LogP contribution in [-0.4, -0.2) is 48.1 Å². The average Bonchev–Trinajstić information content (AvgIpc) is 3.35. The van der Waals surface area contributed by atoms with E-state index in [1.54, 1.807) is 19.2 Å². The number of piperidine rings is 1. The molecule has 0 bridgehead atoms. The fourth-order valence-electron chi connectivity index (χ4n) is 4.03. The van der Waals surface area contributed by atoms with Crippen LogP contribution in [0.3, 0.4) is 0 Å². The molecule has 2 amide bonds. The van der Waals surface area contributed by atoms with Crippen molar-refractivity contribution in [1.82, 2.24) is 15.4 Å². The van der Waals surface area contributed by atoms with Crippen LogP contribution < -0.4 is 10.1 Å². The number of carbonyl (C=O) groups is 2. The van der Waals surface area contributed by atoms with Gasteiger partial charge in [-0.25, -0.2) is 0 Å². The van der Waals surface area contributed by atoms with Gasteiger partial charge in [0.05, 0.1) is 7.11 Å². The van der Waals surface area contributed by atoms with Crippen molar-refractivity contribution in [3.8, 4) is 17.1 Å². The molecule has 0 spiro atoms. The second-order valence-electron chi connectivity index (χ2n) is 8.53. The molecule has 172 valence electrons. The number of hydrogen-bond donors (Lipinski definition) is 1. The van der Waals surface area contributed by atoms with Gasteiger partial charge in [-0.3, -0.25) is 9.59 Å². The van der Waals surface area contributed by atoms with Crippen LogP contribution in [0.1, 0.15) is 35.8 Å². The monoisotopic (exact) mass is 447 g/mol. The molecule has 7 heteroatoms. The maximum absolute atomic E-state index is 13.3. The summed E-state index contributed by atoms with van der Waals surface area (Å²) in [6, 6.07) is 17.9. The fourth-order valence-corrected chi connectivity index (χ4v) is 4.03. The molecule has 7 nitrogen and oxygen atoms in total. The van der Waals surface area contributed by atoms with E-state index in [0.717, 1.165) is 24.0 Å². The van der Waals surface area contributed by atoms with Gasteiger partial charge in [-0.1, -0.05) is 54.5 Å². The van der Waals surface area contributed by atoms with E-state index >= 15 is 0 Å². The van der Waals surface area contributed by atoms with Crippen LogP contribution in [0.25, 0.3) is 11.3 Å². The molecular formula is C26H29N3O4. The minimum absolute atomic E-state index is 0.0596. The van der Waals surface area contributed by atoms with Crippen molar-refractivity contribution in [2.24, 2.45) is 5.92 Å². The molecule has 1 fully saturated rings. The van der Waals surface area contributed by atoms with Gasteiger partial charge in [-0.15, -0.1) is 0 Å². The summed E-state index contributed by atoms with van der Waals surface area (Å²) in [7, 11) is 1.59. The van der Waals surface area contributed by atoms with Crippen molar-refractivity contribution in [2.75, 3.05) is 20.2 Å². The van der Waals surface area contributed by atoms with Gasteiger partial charge in [0.1, 0.15) is 11.8 Å². The van der Waals surface area contributed by atoms with Crippen molar-refractivity contribution < 1.29 is 18.8 Å². The van der Waals surface area contributed by atoms with Crippen LogP contribution >= 0.6 is 0 Å². The molecular weight excluding hydrogens is 418 g/mol. The first kappa shape index (κ1) is 22.6. The third-order valence-electron chi connectivity index (χ3n) is 6.08. The lowest BCUT2D eigenvalue weighted by atomic mass is 9.97. The second-order valence-corrected chi connectivity index (χ2v) is 8.53. The summed E-state index contributed by atoms with van der Waals surface area (Å²) in [6.07, 6.45) is 2.37. The number of amides is 2. The van der Waals surface area contributed by atoms with Gasteiger partial charge in [0.15, 0.2) is 11.5 Å². The molecule has 1 atom stereocenters. The molecule has 1 aromatic heterocycles. The minimum atomic E-state index is -0.676. The minimum Gasteiger partial charge on any atom is -0.497 e. The van der Waals surface area contributed by atoms with Crippen molar-refractivity contribution >= 4 is 11.8 Å². The topological polar surface area (TPSA) is 84.7 Å². The van der Waals surface area contributed by atoms with Gasteiger partial charge >= 0.3 is 0 Å². The summed E-state index contributed by atoms with van der Waals surface area (Å²) in [5.41, 5.74) is 1.87. The van der Waals surface area contributed by atoms with Crippen LogP contribution in [-0.2, 0) is 11.2 Å². The zero-order valence-corrected chi connectivity index (χ0v) is 19.0. The van der Waals surface area contributed by atoms with Gasteiger partial charge < -0.3 is 19.5 Å². The Morgan fingerprint density at radius 2 is 1.88 bits per heavy atom. The number of benzene rings is 2. The molecule has 2 heterocycles. The number of hydrogen-bond acceptors (Lipinski definition) is 5. The number of ether oxygens (including phenoxy) is 1. The van der Waals surface area contributed by atoms with Crippen molar-refractivity contribution in [3.05, 3.63) is 71.9 Å². The normalized spacial score (nSPS) is 15.2. The lowest BCUT2D eigenvalue weighted by Gasteiger charge is -2.33. The molecule has 1 aliphatic rings. The Bertz CT molecular complexity index is 1090. The zero-order valence-electron chi connectivity index (χ0n) is 19.0. The SMILES string of the molecule is COc1cccc(-c2cc(C(=O)NC(Cc3ccccc3)C(=O)N3CCC(C)CC3)no2)c1. The Morgan fingerprint density at radius 1 is 1.12 bits per heavy atom. The molecule has 1 saturated heterocycles. The lowest BCUT2D eigenvalue weighted by Crippen LogP contribution is -2.51. The highest BCUT2D eigenvalue weighted by molar-refractivity contribution is 5.96. The number of methoxy groups -OCH3 is 1.